The Morgan fingerprint density at radius 2 is 1.77 bits per heavy atom. The Labute approximate surface area is 178 Å². The largest absolute Gasteiger partial charge is 0.454 e. The summed E-state index contributed by atoms with van der Waals surface area (Å²) in [5, 5.41) is 3.28. The predicted octanol–water partition coefficient (Wildman–Crippen LogP) is 4.43. The van der Waals surface area contributed by atoms with Gasteiger partial charge in [-0.15, -0.1) is 0 Å². The highest BCUT2D eigenvalue weighted by atomic mass is 35.5. The molecule has 9 heteroatoms. The van der Waals surface area contributed by atoms with Gasteiger partial charge >= 0.3 is 0 Å². The molecule has 1 aliphatic heterocycles. The second-order valence-corrected chi connectivity index (χ2v) is 8.66. The van der Waals surface area contributed by atoms with E-state index in [9.17, 15) is 13.2 Å². The highest BCUT2D eigenvalue weighted by Crippen LogP contribution is 2.35. The molecule has 1 amide bonds. The van der Waals surface area contributed by atoms with E-state index in [4.69, 9.17) is 21.1 Å². The number of benzene rings is 3. The van der Waals surface area contributed by atoms with Crippen LogP contribution in [-0.4, -0.2) is 21.1 Å². The fraction of sp³-hybridized carbons (Fsp3) is 0.0952. The van der Waals surface area contributed by atoms with Gasteiger partial charge in [0.25, 0.3) is 15.9 Å². The molecule has 1 aliphatic rings. The zero-order valence-electron chi connectivity index (χ0n) is 15.8. The smallest absolute Gasteiger partial charge is 0.261 e. The number of carbonyl (C=O) groups is 1. The van der Waals surface area contributed by atoms with E-state index >= 15 is 0 Å². The third-order valence-electron chi connectivity index (χ3n) is 4.55. The number of nitrogens with one attached hydrogen (secondary N) is 2. The van der Waals surface area contributed by atoms with Crippen molar-refractivity contribution in [3.63, 3.8) is 0 Å². The summed E-state index contributed by atoms with van der Waals surface area (Å²) >= 11 is 6.08. The molecular formula is C21H17ClN2O5S. The third kappa shape index (κ3) is 4.05. The first kappa shape index (κ1) is 20.1. The summed E-state index contributed by atoms with van der Waals surface area (Å²) in [6, 6.07) is 15.7. The molecule has 0 unspecified atom stereocenters. The summed E-state index contributed by atoms with van der Waals surface area (Å²) in [7, 11) is -3.92. The van der Waals surface area contributed by atoms with Crippen molar-refractivity contribution < 1.29 is 22.7 Å². The highest BCUT2D eigenvalue weighted by Gasteiger charge is 2.19. The summed E-state index contributed by atoms with van der Waals surface area (Å²) in [4.78, 5) is 12.6. The lowest BCUT2D eigenvalue weighted by atomic mass is 10.1. The molecule has 154 valence electrons. The van der Waals surface area contributed by atoms with Crippen LogP contribution in [0, 0.1) is 6.92 Å². The van der Waals surface area contributed by atoms with Gasteiger partial charge in [-0.3, -0.25) is 9.52 Å². The molecule has 0 aliphatic carbocycles. The molecule has 3 aromatic rings. The molecule has 0 saturated heterocycles. The Hall–Kier alpha value is -3.23. The first-order chi connectivity index (χ1) is 14.3. The zero-order valence-corrected chi connectivity index (χ0v) is 17.4. The van der Waals surface area contributed by atoms with Crippen molar-refractivity contribution in [3.05, 3.63) is 76.8 Å². The summed E-state index contributed by atoms with van der Waals surface area (Å²) in [6.07, 6.45) is 0. The molecule has 30 heavy (non-hydrogen) atoms. The van der Waals surface area contributed by atoms with Crippen molar-refractivity contribution in [2.45, 2.75) is 11.8 Å². The Bertz CT molecular complexity index is 1240. The van der Waals surface area contributed by atoms with E-state index in [1.54, 1.807) is 43.3 Å². The van der Waals surface area contributed by atoms with Gasteiger partial charge in [0.15, 0.2) is 11.5 Å². The Morgan fingerprint density at radius 3 is 2.60 bits per heavy atom. The molecule has 1 heterocycles. The maximum Gasteiger partial charge on any atom is 0.261 e. The lowest BCUT2D eigenvalue weighted by molar-refractivity contribution is 0.102. The fourth-order valence-corrected chi connectivity index (χ4v) is 4.19. The minimum atomic E-state index is -3.92. The fourth-order valence-electron chi connectivity index (χ4n) is 2.92. The molecule has 0 saturated carbocycles. The molecule has 0 radical (unpaired) electrons. The Morgan fingerprint density at radius 1 is 1.00 bits per heavy atom. The summed E-state index contributed by atoms with van der Waals surface area (Å²) < 4.78 is 38.6. The van der Waals surface area contributed by atoms with E-state index in [2.05, 4.69) is 10.0 Å². The molecule has 0 aromatic heterocycles. The number of rotatable bonds is 5. The highest BCUT2D eigenvalue weighted by molar-refractivity contribution is 7.92. The number of hydrogen-bond acceptors (Lipinski definition) is 5. The van der Waals surface area contributed by atoms with Crippen molar-refractivity contribution in [1.29, 1.82) is 0 Å². The van der Waals surface area contributed by atoms with E-state index in [1.165, 1.54) is 24.3 Å². The molecular weight excluding hydrogens is 428 g/mol. The average molecular weight is 445 g/mol. The van der Waals surface area contributed by atoms with Gasteiger partial charge in [0.1, 0.15) is 0 Å². The minimum absolute atomic E-state index is 0.0457. The van der Waals surface area contributed by atoms with Crippen LogP contribution in [0.1, 0.15) is 15.9 Å². The van der Waals surface area contributed by atoms with E-state index in [-0.39, 0.29) is 17.3 Å². The van der Waals surface area contributed by atoms with Gasteiger partial charge in [-0.25, -0.2) is 8.42 Å². The lowest BCUT2D eigenvalue weighted by Gasteiger charge is -2.12. The molecule has 7 nitrogen and oxygen atoms in total. The second kappa shape index (κ2) is 7.89. The van der Waals surface area contributed by atoms with Crippen LogP contribution in [0.4, 0.5) is 11.4 Å². The number of ether oxygens (including phenoxy) is 2. The van der Waals surface area contributed by atoms with Crippen molar-refractivity contribution in [3.8, 4) is 11.5 Å². The van der Waals surface area contributed by atoms with E-state index < -0.39 is 15.9 Å². The van der Waals surface area contributed by atoms with Gasteiger partial charge in [0.05, 0.1) is 10.6 Å². The van der Waals surface area contributed by atoms with Gasteiger partial charge < -0.3 is 14.8 Å². The van der Waals surface area contributed by atoms with Crippen LogP contribution >= 0.6 is 11.6 Å². The SMILES string of the molecule is Cc1c(Cl)cccc1NC(=O)c1cccc(S(=O)(=O)Nc2ccc3c(c2)OCO3)c1. The average Bonchev–Trinajstić information content (AvgIpc) is 3.19. The molecule has 0 spiro atoms. The first-order valence-corrected chi connectivity index (χ1v) is 10.8. The van der Waals surface area contributed by atoms with Crippen molar-refractivity contribution in [1.82, 2.24) is 0 Å². The number of fused-ring (bicyclic) bond motifs is 1. The summed E-state index contributed by atoms with van der Waals surface area (Å²) in [5.74, 6) is 0.564. The maximum absolute atomic E-state index is 12.8. The number of sulfonamides is 1. The summed E-state index contributed by atoms with van der Waals surface area (Å²) in [5.41, 5.74) is 1.80. The predicted molar refractivity (Wildman–Crippen MR) is 114 cm³/mol. The lowest BCUT2D eigenvalue weighted by Crippen LogP contribution is -2.16. The number of hydrogen-bond donors (Lipinski definition) is 2. The van der Waals surface area contributed by atoms with Crippen LogP contribution in [0.25, 0.3) is 0 Å². The topological polar surface area (TPSA) is 93.7 Å². The van der Waals surface area contributed by atoms with Crippen LogP contribution in [-0.2, 0) is 10.0 Å². The van der Waals surface area contributed by atoms with Gasteiger partial charge in [-0.05, 0) is 55.0 Å². The van der Waals surface area contributed by atoms with E-state index in [0.717, 1.165) is 5.56 Å². The van der Waals surface area contributed by atoms with Crippen molar-refractivity contribution in [2.75, 3.05) is 16.8 Å². The van der Waals surface area contributed by atoms with E-state index in [1.807, 2.05) is 0 Å². The van der Waals surface area contributed by atoms with Gasteiger partial charge in [-0.1, -0.05) is 23.7 Å². The molecule has 0 fully saturated rings. The number of carbonyl (C=O) groups excluding carboxylic acids is 1. The third-order valence-corrected chi connectivity index (χ3v) is 6.34. The number of halogens is 1. The normalized spacial score (nSPS) is 12.5. The van der Waals surface area contributed by atoms with Gasteiger partial charge in [0, 0.05) is 22.3 Å². The number of amides is 1. The first-order valence-electron chi connectivity index (χ1n) is 8.92. The quantitative estimate of drug-likeness (QED) is 0.607. The summed E-state index contributed by atoms with van der Waals surface area (Å²) in [6.45, 7) is 1.88. The maximum atomic E-state index is 12.8. The molecule has 0 bridgehead atoms. The van der Waals surface area contributed by atoms with E-state index in [0.29, 0.717) is 27.9 Å². The monoisotopic (exact) mass is 444 g/mol. The van der Waals surface area contributed by atoms with Crippen molar-refractivity contribution >= 4 is 38.9 Å². The van der Waals surface area contributed by atoms with Crippen LogP contribution < -0.4 is 19.5 Å². The molecule has 0 atom stereocenters. The Kier molecular flexibility index (Phi) is 5.27. The van der Waals surface area contributed by atoms with Crippen LogP contribution in [0.2, 0.25) is 5.02 Å². The van der Waals surface area contributed by atoms with Gasteiger partial charge in [-0.2, -0.15) is 0 Å². The number of anilines is 2. The Balaban J connectivity index is 1.56. The van der Waals surface area contributed by atoms with Crippen LogP contribution in [0.3, 0.4) is 0 Å². The van der Waals surface area contributed by atoms with Crippen molar-refractivity contribution in [2.24, 2.45) is 0 Å². The van der Waals surface area contributed by atoms with Crippen LogP contribution in [0.15, 0.2) is 65.6 Å². The zero-order chi connectivity index (χ0) is 21.3. The molecule has 4 rings (SSSR count). The molecule has 3 aromatic carbocycles. The molecule has 2 N–H and O–H groups in total. The van der Waals surface area contributed by atoms with Gasteiger partial charge in [0.2, 0.25) is 6.79 Å². The van der Waals surface area contributed by atoms with Crippen LogP contribution in [0.5, 0.6) is 11.5 Å². The standard InChI is InChI=1S/C21H17ClN2O5S/c1-13-17(22)6-3-7-18(13)23-21(25)14-4-2-5-16(10-14)30(26,27)24-15-8-9-19-20(11-15)29-12-28-19/h2-11,24H,12H2,1H3,(H,23,25). The minimum Gasteiger partial charge on any atom is -0.454 e. The second-order valence-electron chi connectivity index (χ2n) is 6.57.